The summed E-state index contributed by atoms with van der Waals surface area (Å²) in [6.07, 6.45) is 0. The Morgan fingerprint density at radius 3 is 2.81 bits per heavy atom. The van der Waals surface area contributed by atoms with Gasteiger partial charge in [0.15, 0.2) is 5.78 Å². The Morgan fingerprint density at radius 1 is 1.38 bits per heavy atom. The standard InChI is InChI=1S/C15H18N2O4/c1-10-15(20)16-14(19)9-17(10)7-8-21-13-6-4-3-5-12(13)11(2)18/h3-6,10H,7-9H2,1-2H3,(H,16,19,20). The van der Waals surface area contributed by atoms with E-state index in [-0.39, 0.29) is 30.2 Å². The second kappa shape index (κ2) is 6.49. The number of ketones is 1. The van der Waals surface area contributed by atoms with E-state index in [4.69, 9.17) is 4.74 Å². The third kappa shape index (κ3) is 3.66. The van der Waals surface area contributed by atoms with Crippen LogP contribution in [-0.4, -0.2) is 48.2 Å². The number of rotatable bonds is 5. The molecule has 0 aliphatic carbocycles. The average molecular weight is 290 g/mol. The zero-order chi connectivity index (χ0) is 15.4. The number of hydrogen-bond acceptors (Lipinski definition) is 5. The van der Waals surface area contributed by atoms with E-state index in [0.29, 0.717) is 24.5 Å². The van der Waals surface area contributed by atoms with Crippen LogP contribution in [-0.2, 0) is 9.59 Å². The Kier molecular flexibility index (Phi) is 4.70. The number of nitrogens with zero attached hydrogens (tertiary/aromatic N) is 1. The second-order valence-electron chi connectivity index (χ2n) is 4.96. The van der Waals surface area contributed by atoms with Crippen LogP contribution in [0.4, 0.5) is 0 Å². The molecule has 0 bridgehead atoms. The molecule has 1 N–H and O–H groups in total. The van der Waals surface area contributed by atoms with Gasteiger partial charge in [0, 0.05) is 6.54 Å². The number of imide groups is 1. The van der Waals surface area contributed by atoms with Gasteiger partial charge in [-0.1, -0.05) is 12.1 Å². The molecule has 0 saturated carbocycles. The molecule has 1 heterocycles. The lowest BCUT2D eigenvalue weighted by Gasteiger charge is -2.31. The molecule has 112 valence electrons. The van der Waals surface area contributed by atoms with E-state index < -0.39 is 0 Å². The number of carbonyl (C=O) groups is 3. The Bertz CT molecular complexity index is 571. The third-order valence-electron chi connectivity index (χ3n) is 3.44. The molecule has 6 nitrogen and oxygen atoms in total. The van der Waals surface area contributed by atoms with E-state index in [0.717, 1.165) is 0 Å². The third-order valence-corrected chi connectivity index (χ3v) is 3.44. The van der Waals surface area contributed by atoms with Crippen molar-refractivity contribution in [2.75, 3.05) is 19.7 Å². The predicted molar refractivity (Wildman–Crippen MR) is 76.1 cm³/mol. The van der Waals surface area contributed by atoms with Crippen LogP contribution in [0.5, 0.6) is 5.75 Å². The van der Waals surface area contributed by atoms with Crippen molar-refractivity contribution >= 4 is 17.6 Å². The molecule has 2 amide bonds. The molecular formula is C15H18N2O4. The average Bonchev–Trinajstić information content (AvgIpc) is 2.44. The topological polar surface area (TPSA) is 75.7 Å². The van der Waals surface area contributed by atoms with Crippen LogP contribution >= 0.6 is 0 Å². The van der Waals surface area contributed by atoms with Gasteiger partial charge in [-0.3, -0.25) is 24.6 Å². The van der Waals surface area contributed by atoms with Gasteiger partial charge in [0.2, 0.25) is 11.8 Å². The summed E-state index contributed by atoms with van der Waals surface area (Å²) in [5.74, 6) is -0.144. The predicted octanol–water partition coefficient (Wildman–Crippen LogP) is 0.615. The molecular weight excluding hydrogens is 272 g/mol. The highest BCUT2D eigenvalue weighted by Gasteiger charge is 2.29. The SMILES string of the molecule is CC(=O)c1ccccc1OCCN1CC(=O)NC(=O)C1C. The molecule has 1 fully saturated rings. The molecule has 1 aliphatic rings. The molecule has 0 aromatic heterocycles. The van der Waals surface area contributed by atoms with E-state index in [1.54, 1.807) is 36.1 Å². The fourth-order valence-corrected chi connectivity index (χ4v) is 2.20. The van der Waals surface area contributed by atoms with Gasteiger partial charge in [0.05, 0.1) is 18.2 Å². The number of para-hydroxylation sites is 1. The molecule has 6 heteroatoms. The lowest BCUT2D eigenvalue weighted by Crippen LogP contribution is -2.57. The number of ether oxygens (including phenoxy) is 1. The molecule has 0 spiro atoms. The van der Waals surface area contributed by atoms with Gasteiger partial charge >= 0.3 is 0 Å². The maximum absolute atomic E-state index is 11.5. The summed E-state index contributed by atoms with van der Waals surface area (Å²) in [6, 6.07) is 6.64. The summed E-state index contributed by atoms with van der Waals surface area (Å²) in [5.41, 5.74) is 0.526. The first kappa shape index (κ1) is 15.2. The number of Topliss-reactive ketones (excluding diaryl/α,β-unsaturated/α-hetero) is 1. The maximum atomic E-state index is 11.5. The molecule has 2 rings (SSSR count). The van der Waals surface area contributed by atoms with Crippen molar-refractivity contribution in [3.05, 3.63) is 29.8 Å². The maximum Gasteiger partial charge on any atom is 0.243 e. The molecule has 1 aromatic rings. The monoisotopic (exact) mass is 290 g/mol. The summed E-state index contributed by atoms with van der Waals surface area (Å²) in [6.45, 7) is 4.13. The number of hydrogen-bond donors (Lipinski definition) is 1. The number of benzene rings is 1. The Morgan fingerprint density at radius 2 is 2.10 bits per heavy atom. The van der Waals surface area contributed by atoms with Crippen LogP contribution in [0, 0.1) is 0 Å². The van der Waals surface area contributed by atoms with Crippen LogP contribution in [0.15, 0.2) is 24.3 Å². The number of carbonyl (C=O) groups excluding carboxylic acids is 3. The number of amides is 2. The van der Waals surface area contributed by atoms with E-state index >= 15 is 0 Å². The van der Waals surface area contributed by atoms with Crippen LogP contribution < -0.4 is 10.1 Å². The van der Waals surface area contributed by atoms with Gasteiger partial charge in [-0.25, -0.2) is 0 Å². The van der Waals surface area contributed by atoms with Gasteiger partial charge in [-0.05, 0) is 26.0 Å². The van der Waals surface area contributed by atoms with Crippen LogP contribution in [0.25, 0.3) is 0 Å². The van der Waals surface area contributed by atoms with Crippen molar-refractivity contribution in [1.29, 1.82) is 0 Å². The molecule has 1 atom stereocenters. The van der Waals surface area contributed by atoms with Crippen LogP contribution in [0.3, 0.4) is 0 Å². The van der Waals surface area contributed by atoms with Gasteiger partial charge in [0.1, 0.15) is 12.4 Å². The van der Waals surface area contributed by atoms with Crippen molar-refractivity contribution in [3.63, 3.8) is 0 Å². The first-order chi connectivity index (χ1) is 9.99. The van der Waals surface area contributed by atoms with E-state index in [1.165, 1.54) is 6.92 Å². The first-order valence-corrected chi connectivity index (χ1v) is 6.79. The largest absolute Gasteiger partial charge is 0.491 e. The smallest absolute Gasteiger partial charge is 0.243 e. The molecule has 21 heavy (non-hydrogen) atoms. The molecule has 1 aliphatic heterocycles. The van der Waals surface area contributed by atoms with Gasteiger partial charge < -0.3 is 4.74 Å². The Hall–Kier alpha value is -2.21. The van der Waals surface area contributed by atoms with Gasteiger partial charge in [-0.2, -0.15) is 0 Å². The lowest BCUT2D eigenvalue weighted by atomic mass is 10.1. The summed E-state index contributed by atoms with van der Waals surface area (Å²) in [5, 5.41) is 2.29. The Labute approximate surface area is 123 Å². The highest BCUT2D eigenvalue weighted by molar-refractivity contribution is 6.00. The highest BCUT2D eigenvalue weighted by Crippen LogP contribution is 2.18. The molecule has 1 unspecified atom stereocenters. The fraction of sp³-hybridized carbons (Fsp3) is 0.400. The van der Waals surface area contributed by atoms with E-state index in [9.17, 15) is 14.4 Å². The number of nitrogens with one attached hydrogen (secondary N) is 1. The first-order valence-electron chi connectivity index (χ1n) is 6.79. The van der Waals surface area contributed by atoms with Crippen LogP contribution in [0.2, 0.25) is 0 Å². The summed E-state index contributed by atoms with van der Waals surface area (Å²) < 4.78 is 5.61. The molecule has 0 radical (unpaired) electrons. The fourth-order valence-electron chi connectivity index (χ4n) is 2.20. The minimum absolute atomic E-state index is 0.0634. The van der Waals surface area contributed by atoms with Crippen molar-refractivity contribution in [1.82, 2.24) is 10.2 Å². The minimum Gasteiger partial charge on any atom is -0.491 e. The minimum atomic E-state index is -0.366. The quantitative estimate of drug-likeness (QED) is 0.635. The number of piperazine rings is 1. The lowest BCUT2D eigenvalue weighted by molar-refractivity contribution is -0.139. The summed E-state index contributed by atoms with van der Waals surface area (Å²) in [4.78, 5) is 36.1. The second-order valence-corrected chi connectivity index (χ2v) is 4.96. The summed E-state index contributed by atoms with van der Waals surface area (Å²) >= 11 is 0. The normalized spacial score (nSPS) is 19.2. The zero-order valence-electron chi connectivity index (χ0n) is 12.1. The summed E-state index contributed by atoms with van der Waals surface area (Å²) in [7, 11) is 0. The zero-order valence-corrected chi connectivity index (χ0v) is 12.1. The van der Waals surface area contributed by atoms with Crippen molar-refractivity contribution in [2.24, 2.45) is 0 Å². The van der Waals surface area contributed by atoms with Crippen molar-refractivity contribution in [3.8, 4) is 5.75 Å². The van der Waals surface area contributed by atoms with Crippen LogP contribution in [0.1, 0.15) is 24.2 Å². The van der Waals surface area contributed by atoms with Crippen molar-refractivity contribution in [2.45, 2.75) is 19.9 Å². The van der Waals surface area contributed by atoms with E-state index in [2.05, 4.69) is 5.32 Å². The highest BCUT2D eigenvalue weighted by atomic mass is 16.5. The molecule has 1 saturated heterocycles. The van der Waals surface area contributed by atoms with E-state index in [1.807, 2.05) is 0 Å². The molecule has 1 aromatic carbocycles. The van der Waals surface area contributed by atoms with Crippen molar-refractivity contribution < 1.29 is 19.1 Å². The van der Waals surface area contributed by atoms with Gasteiger partial charge in [-0.15, -0.1) is 0 Å². The van der Waals surface area contributed by atoms with Gasteiger partial charge in [0.25, 0.3) is 0 Å². The Balaban J connectivity index is 1.94.